The number of pyridine rings is 1. The van der Waals surface area contributed by atoms with Crippen molar-refractivity contribution in [3.8, 4) is 5.75 Å². The van der Waals surface area contributed by atoms with Crippen LogP contribution in [-0.4, -0.2) is 30.4 Å². The molecule has 0 bridgehead atoms. The van der Waals surface area contributed by atoms with Crippen molar-refractivity contribution in [2.75, 3.05) is 13.7 Å². The minimum atomic E-state index is -4.80. The van der Waals surface area contributed by atoms with E-state index in [0.29, 0.717) is 16.8 Å². The first-order valence-electron chi connectivity index (χ1n) is 7.39. The predicted octanol–water partition coefficient (Wildman–Crippen LogP) is 3.59. The lowest BCUT2D eigenvalue weighted by atomic mass is 10.1. The lowest BCUT2D eigenvalue weighted by molar-refractivity contribution is -0.162. The average Bonchev–Trinajstić information content (AvgIpc) is 2.56. The number of esters is 1. The molecule has 0 saturated heterocycles. The molecule has 0 radical (unpaired) electrons. The number of aromatic nitrogens is 1. The van der Waals surface area contributed by atoms with Gasteiger partial charge in [0, 0.05) is 6.20 Å². The topological polar surface area (TPSA) is 57.5 Å². The molecule has 2 rings (SSSR count). The van der Waals surface area contributed by atoms with Gasteiger partial charge in [0.1, 0.15) is 11.6 Å². The van der Waals surface area contributed by atoms with Crippen LogP contribution in [0.15, 0.2) is 17.1 Å². The maximum absolute atomic E-state index is 14.0. The van der Waals surface area contributed by atoms with Crippen LogP contribution >= 0.6 is 0 Å². The van der Waals surface area contributed by atoms with Gasteiger partial charge in [-0.2, -0.15) is 17.6 Å². The standard InChI is InChI=1S/C16H14F5NO4/c1-4-26-15(24)9-6-22(7(2)16(19,20)21)12-8(13(9)23)5-10(17)11(18)14(12)25-3/h5-7H,4H2,1-3H3. The molecule has 0 fully saturated rings. The molecule has 1 aromatic heterocycles. The van der Waals surface area contributed by atoms with E-state index < -0.39 is 57.5 Å². The van der Waals surface area contributed by atoms with Crippen molar-refractivity contribution in [2.24, 2.45) is 0 Å². The van der Waals surface area contributed by atoms with E-state index in [2.05, 4.69) is 9.47 Å². The van der Waals surface area contributed by atoms with E-state index >= 15 is 0 Å². The van der Waals surface area contributed by atoms with E-state index in [0.717, 1.165) is 14.0 Å². The molecule has 1 unspecified atom stereocenters. The number of carbonyl (C=O) groups excluding carboxylic acids is 1. The molecule has 0 spiro atoms. The molecule has 1 atom stereocenters. The Bertz CT molecular complexity index is 920. The molecule has 0 aliphatic carbocycles. The maximum atomic E-state index is 14.0. The van der Waals surface area contributed by atoms with Gasteiger partial charge in [-0.3, -0.25) is 4.79 Å². The molecule has 0 aliphatic rings. The number of carbonyl (C=O) groups is 1. The summed E-state index contributed by atoms with van der Waals surface area (Å²) in [5.74, 6) is -5.10. The van der Waals surface area contributed by atoms with Crippen molar-refractivity contribution in [1.82, 2.24) is 4.57 Å². The van der Waals surface area contributed by atoms with Crippen LogP contribution in [0.1, 0.15) is 30.2 Å². The molecule has 26 heavy (non-hydrogen) atoms. The minimum absolute atomic E-state index is 0.133. The van der Waals surface area contributed by atoms with Gasteiger partial charge in [0.25, 0.3) is 0 Å². The van der Waals surface area contributed by atoms with Gasteiger partial charge >= 0.3 is 12.1 Å². The Morgan fingerprint density at radius 2 is 1.92 bits per heavy atom. The summed E-state index contributed by atoms with van der Waals surface area (Å²) in [5, 5.41) is -0.637. The highest BCUT2D eigenvalue weighted by Crippen LogP contribution is 2.36. The van der Waals surface area contributed by atoms with Gasteiger partial charge < -0.3 is 14.0 Å². The zero-order valence-corrected chi connectivity index (χ0v) is 13.9. The molecule has 5 nitrogen and oxygen atoms in total. The fourth-order valence-corrected chi connectivity index (χ4v) is 2.43. The van der Waals surface area contributed by atoms with Crippen LogP contribution in [0.2, 0.25) is 0 Å². The second kappa shape index (κ2) is 6.93. The van der Waals surface area contributed by atoms with Gasteiger partial charge in [0.2, 0.25) is 11.2 Å². The number of ether oxygens (including phenoxy) is 2. The molecule has 10 heteroatoms. The first-order valence-corrected chi connectivity index (χ1v) is 7.39. The molecule has 0 N–H and O–H groups in total. The lowest BCUT2D eigenvalue weighted by Crippen LogP contribution is -2.28. The number of benzene rings is 1. The third-order valence-corrected chi connectivity index (χ3v) is 3.76. The van der Waals surface area contributed by atoms with Gasteiger partial charge in [0.05, 0.1) is 24.6 Å². The van der Waals surface area contributed by atoms with Crippen LogP contribution in [0.5, 0.6) is 5.75 Å². The van der Waals surface area contributed by atoms with E-state index in [9.17, 15) is 31.5 Å². The largest absolute Gasteiger partial charge is 0.491 e. The highest BCUT2D eigenvalue weighted by molar-refractivity contribution is 5.95. The summed E-state index contributed by atoms with van der Waals surface area (Å²) in [6.45, 7) is 2.04. The van der Waals surface area contributed by atoms with Crippen LogP contribution in [0.3, 0.4) is 0 Å². The maximum Gasteiger partial charge on any atom is 0.408 e. The summed E-state index contributed by atoms with van der Waals surface area (Å²) in [5.41, 5.74) is -2.45. The Labute approximate surface area is 143 Å². The van der Waals surface area contributed by atoms with Crippen LogP contribution < -0.4 is 10.2 Å². The number of hydrogen-bond acceptors (Lipinski definition) is 4. The third kappa shape index (κ3) is 3.23. The zero-order valence-electron chi connectivity index (χ0n) is 13.9. The number of fused-ring (bicyclic) bond motifs is 1. The SMILES string of the molecule is CCOC(=O)c1cn(C(C)C(F)(F)F)c2c(OC)c(F)c(F)cc2c1=O. The van der Waals surface area contributed by atoms with Gasteiger partial charge in [-0.25, -0.2) is 9.18 Å². The van der Waals surface area contributed by atoms with Crippen molar-refractivity contribution in [1.29, 1.82) is 0 Å². The number of rotatable bonds is 4. The van der Waals surface area contributed by atoms with Crippen molar-refractivity contribution < 1.29 is 36.2 Å². The summed E-state index contributed by atoms with van der Waals surface area (Å²) in [4.78, 5) is 24.4. The summed E-state index contributed by atoms with van der Waals surface area (Å²) in [7, 11) is 0.920. The van der Waals surface area contributed by atoms with Crippen LogP contribution in [0.25, 0.3) is 10.9 Å². The molecule has 142 valence electrons. The van der Waals surface area contributed by atoms with Crippen molar-refractivity contribution in [2.45, 2.75) is 26.1 Å². The number of methoxy groups -OCH3 is 1. The second-order valence-electron chi connectivity index (χ2n) is 5.32. The third-order valence-electron chi connectivity index (χ3n) is 3.76. The second-order valence-corrected chi connectivity index (χ2v) is 5.32. The first kappa shape index (κ1) is 19.7. The Balaban J connectivity index is 3.02. The van der Waals surface area contributed by atoms with Gasteiger partial charge in [-0.15, -0.1) is 0 Å². The Morgan fingerprint density at radius 1 is 1.31 bits per heavy atom. The number of hydrogen-bond donors (Lipinski definition) is 0. The quantitative estimate of drug-likeness (QED) is 0.602. The summed E-state index contributed by atoms with van der Waals surface area (Å²) in [6.07, 6.45) is -4.19. The van der Waals surface area contributed by atoms with E-state index in [1.165, 1.54) is 6.92 Å². The van der Waals surface area contributed by atoms with E-state index in [4.69, 9.17) is 0 Å². The Hall–Kier alpha value is -2.65. The predicted molar refractivity (Wildman–Crippen MR) is 81.4 cm³/mol. The first-order chi connectivity index (χ1) is 12.0. The van der Waals surface area contributed by atoms with Crippen molar-refractivity contribution >= 4 is 16.9 Å². The highest BCUT2D eigenvalue weighted by Gasteiger charge is 2.39. The van der Waals surface area contributed by atoms with Crippen LogP contribution in [0.4, 0.5) is 22.0 Å². The summed E-state index contributed by atoms with van der Waals surface area (Å²) in [6, 6.07) is -1.84. The summed E-state index contributed by atoms with van der Waals surface area (Å²) < 4.78 is 77.3. The molecule has 1 aromatic carbocycles. The van der Waals surface area contributed by atoms with E-state index in [1.807, 2.05) is 0 Å². The molecule has 0 saturated carbocycles. The smallest absolute Gasteiger partial charge is 0.408 e. The normalized spacial score (nSPS) is 12.9. The molecule has 0 amide bonds. The highest BCUT2D eigenvalue weighted by atomic mass is 19.4. The molecular weight excluding hydrogens is 365 g/mol. The lowest BCUT2D eigenvalue weighted by Gasteiger charge is -2.23. The number of halogens is 5. The van der Waals surface area contributed by atoms with Crippen LogP contribution in [0, 0.1) is 11.6 Å². The van der Waals surface area contributed by atoms with Crippen LogP contribution in [-0.2, 0) is 4.74 Å². The fraction of sp³-hybridized carbons (Fsp3) is 0.375. The van der Waals surface area contributed by atoms with Gasteiger partial charge in [-0.1, -0.05) is 0 Å². The van der Waals surface area contributed by atoms with Gasteiger partial charge in [0.15, 0.2) is 11.6 Å². The van der Waals surface area contributed by atoms with Crippen molar-refractivity contribution in [3.05, 3.63) is 39.7 Å². The number of alkyl halides is 3. The van der Waals surface area contributed by atoms with Crippen molar-refractivity contribution in [3.63, 3.8) is 0 Å². The zero-order chi connectivity index (χ0) is 19.8. The Morgan fingerprint density at radius 3 is 2.42 bits per heavy atom. The molecule has 2 aromatic rings. The molecule has 1 heterocycles. The van der Waals surface area contributed by atoms with Gasteiger partial charge in [-0.05, 0) is 19.9 Å². The number of nitrogens with zero attached hydrogens (tertiary/aromatic N) is 1. The average molecular weight is 379 g/mol. The minimum Gasteiger partial charge on any atom is -0.491 e. The summed E-state index contributed by atoms with van der Waals surface area (Å²) >= 11 is 0. The molecular formula is C16H14F5NO4. The fourth-order valence-electron chi connectivity index (χ4n) is 2.43. The van der Waals surface area contributed by atoms with E-state index in [-0.39, 0.29) is 6.61 Å². The van der Waals surface area contributed by atoms with E-state index in [1.54, 1.807) is 0 Å². The monoisotopic (exact) mass is 379 g/mol. The Kier molecular flexibility index (Phi) is 5.24. The molecule has 0 aliphatic heterocycles.